The summed E-state index contributed by atoms with van der Waals surface area (Å²) in [7, 11) is 0. The summed E-state index contributed by atoms with van der Waals surface area (Å²) >= 11 is 0. The number of hydrogen-bond acceptors (Lipinski definition) is 3. The Labute approximate surface area is 114 Å². The van der Waals surface area contributed by atoms with Crippen molar-refractivity contribution in [2.24, 2.45) is 0 Å². The molecule has 0 aliphatic rings. The van der Waals surface area contributed by atoms with Crippen LogP contribution < -0.4 is 11.1 Å². The molecule has 0 spiro atoms. The van der Waals surface area contributed by atoms with Crippen LogP contribution in [0.4, 0.5) is 33.5 Å². The summed E-state index contributed by atoms with van der Waals surface area (Å²) in [6.45, 7) is 0. The summed E-state index contributed by atoms with van der Waals surface area (Å²) < 4.78 is 65.5. The van der Waals surface area contributed by atoms with E-state index >= 15 is 0 Å². The lowest BCUT2D eigenvalue weighted by Gasteiger charge is -2.09. The van der Waals surface area contributed by atoms with E-state index in [1.54, 1.807) is 5.32 Å². The van der Waals surface area contributed by atoms with Gasteiger partial charge in [-0.15, -0.1) is 0 Å². The van der Waals surface area contributed by atoms with Gasteiger partial charge in [-0.2, -0.15) is 0 Å². The molecule has 0 radical (unpaired) electrons. The highest BCUT2D eigenvalue weighted by molar-refractivity contribution is 6.04. The van der Waals surface area contributed by atoms with Gasteiger partial charge in [-0.3, -0.25) is 4.79 Å². The first-order valence-electron chi connectivity index (χ1n) is 5.37. The van der Waals surface area contributed by atoms with Crippen LogP contribution in [0.5, 0.6) is 0 Å². The molecule has 3 N–H and O–H groups in total. The fraction of sp³-hybridized carbons (Fsp3) is 0. The van der Waals surface area contributed by atoms with E-state index in [-0.39, 0.29) is 11.4 Å². The number of aromatic nitrogens is 1. The van der Waals surface area contributed by atoms with Crippen molar-refractivity contribution in [1.29, 1.82) is 0 Å². The molecule has 0 saturated heterocycles. The molecule has 1 heterocycles. The van der Waals surface area contributed by atoms with Gasteiger partial charge in [0.2, 0.25) is 5.82 Å². The van der Waals surface area contributed by atoms with Crippen LogP contribution in [0.1, 0.15) is 10.4 Å². The molecule has 110 valence electrons. The number of nitrogens with one attached hydrogen (secondary N) is 1. The number of pyridine rings is 1. The van der Waals surface area contributed by atoms with Gasteiger partial charge in [0.1, 0.15) is 11.5 Å². The molecule has 0 aliphatic heterocycles. The maximum Gasteiger partial charge on any atom is 0.257 e. The molecular weight excluding hydrogens is 297 g/mol. The SMILES string of the molecule is Nc1ccc(C(=O)Nc2c(F)c(F)c(F)c(F)c2F)cn1. The Morgan fingerprint density at radius 3 is 1.95 bits per heavy atom. The molecule has 21 heavy (non-hydrogen) atoms. The fourth-order valence-electron chi connectivity index (χ4n) is 1.44. The van der Waals surface area contributed by atoms with Crippen molar-refractivity contribution in [1.82, 2.24) is 4.98 Å². The Kier molecular flexibility index (Phi) is 3.74. The normalized spacial score (nSPS) is 10.5. The predicted molar refractivity (Wildman–Crippen MR) is 62.8 cm³/mol. The summed E-state index contributed by atoms with van der Waals surface area (Å²) in [5, 5.41) is 1.61. The fourth-order valence-corrected chi connectivity index (χ4v) is 1.44. The maximum atomic E-state index is 13.4. The Hall–Kier alpha value is -2.71. The van der Waals surface area contributed by atoms with Crippen molar-refractivity contribution in [3.05, 3.63) is 53.0 Å². The molecule has 2 rings (SSSR count). The molecule has 0 atom stereocenters. The summed E-state index contributed by atoms with van der Waals surface area (Å²) in [6.07, 6.45) is 0.983. The number of hydrogen-bond donors (Lipinski definition) is 2. The van der Waals surface area contributed by atoms with Crippen molar-refractivity contribution in [3.63, 3.8) is 0 Å². The molecule has 0 fully saturated rings. The highest BCUT2D eigenvalue weighted by atomic mass is 19.2. The Bertz CT molecular complexity index is 689. The van der Waals surface area contributed by atoms with Crippen LogP contribution in [0.25, 0.3) is 0 Å². The van der Waals surface area contributed by atoms with Crippen LogP contribution in [0.15, 0.2) is 18.3 Å². The highest BCUT2D eigenvalue weighted by Crippen LogP contribution is 2.27. The number of rotatable bonds is 2. The maximum absolute atomic E-state index is 13.4. The quantitative estimate of drug-likeness (QED) is 0.509. The first kappa shape index (κ1) is 14.7. The van der Waals surface area contributed by atoms with E-state index in [1.807, 2.05) is 0 Å². The molecule has 4 nitrogen and oxygen atoms in total. The number of nitrogens with two attached hydrogens (primary N) is 1. The minimum atomic E-state index is -2.31. The number of carbonyl (C=O) groups is 1. The Balaban J connectivity index is 2.40. The third-order valence-electron chi connectivity index (χ3n) is 2.50. The molecular formula is C12H6F5N3O. The largest absolute Gasteiger partial charge is 0.384 e. The van der Waals surface area contributed by atoms with E-state index in [4.69, 9.17) is 5.73 Å². The number of amides is 1. The molecule has 0 saturated carbocycles. The Morgan fingerprint density at radius 1 is 0.952 bits per heavy atom. The lowest BCUT2D eigenvalue weighted by atomic mass is 10.2. The minimum absolute atomic E-state index is 0.0859. The van der Waals surface area contributed by atoms with Gasteiger partial charge >= 0.3 is 0 Å². The van der Waals surface area contributed by atoms with Crippen molar-refractivity contribution >= 4 is 17.4 Å². The second kappa shape index (κ2) is 5.35. The van der Waals surface area contributed by atoms with Crippen LogP contribution in [0, 0.1) is 29.1 Å². The molecule has 0 bridgehead atoms. The van der Waals surface area contributed by atoms with Gasteiger partial charge in [-0.1, -0.05) is 0 Å². The molecule has 1 aromatic heterocycles. The summed E-state index contributed by atoms with van der Waals surface area (Å²) in [4.78, 5) is 15.2. The third kappa shape index (κ3) is 2.62. The number of anilines is 2. The van der Waals surface area contributed by atoms with Gasteiger partial charge in [0.15, 0.2) is 23.3 Å². The zero-order valence-electron chi connectivity index (χ0n) is 10.1. The van der Waals surface area contributed by atoms with Crippen molar-refractivity contribution < 1.29 is 26.7 Å². The van der Waals surface area contributed by atoms with Crippen LogP contribution in [-0.2, 0) is 0 Å². The summed E-state index contributed by atoms with van der Waals surface area (Å²) in [6, 6.07) is 2.40. The number of carbonyl (C=O) groups excluding carboxylic acids is 1. The highest BCUT2D eigenvalue weighted by Gasteiger charge is 2.27. The smallest absolute Gasteiger partial charge is 0.257 e. The van der Waals surface area contributed by atoms with E-state index in [0.29, 0.717) is 0 Å². The van der Waals surface area contributed by atoms with Gasteiger partial charge < -0.3 is 11.1 Å². The summed E-state index contributed by atoms with van der Waals surface area (Å²) in [5.74, 6) is -11.9. The van der Waals surface area contributed by atoms with E-state index in [2.05, 4.69) is 4.98 Å². The van der Waals surface area contributed by atoms with E-state index in [9.17, 15) is 26.7 Å². The standard InChI is InChI=1S/C12H6F5N3O/c13-6-7(14)9(16)11(10(17)8(6)15)20-12(21)4-1-2-5(18)19-3-4/h1-3H,(H2,18,19)(H,20,21). The van der Waals surface area contributed by atoms with Crippen molar-refractivity contribution in [2.45, 2.75) is 0 Å². The second-order valence-electron chi connectivity index (χ2n) is 3.87. The number of benzene rings is 1. The molecule has 0 aliphatic carbocycles. The van der Waals surface area contributed by atoms with E-state index in [1.165, 1.54) is 12.1 Å². The zero-order chi connectivity index (χ0) is 15.7. The molecule has 1 amide bonds. The third-order valence-corrected chi connectivity index (χ3v) is 2.50. The van der Waals surface area contributed by atoms with Crippen LogP contribution in [0.3, 0.4) is 0 Å². The lowest BCUT2D eigenvalue weighted by molar-refractivity contribution is 0.102. The molecule has 2 aromatic rings. The zero-order valence-corrected chi connectivity index (χ0v) is 10.1. The average molecular weight is 303 g/mol. The van der Waals surface area contributed by atoms with E-state index < -0.39 is 40.7 Å². The van der Waals surface area contributed by atoms with Gasteiger partial charge in [0, 0.05) is 6.20 Å². The van der Waals surface area contributed by atoms with Gasteiger partial charge in [-0.05, 0) is 12.1 Å². The van der Waals surface area contributed by atoms with Crippen molar-refractivity contribution in [3.8, 4) is 0 Å². The number of nitrogens with zero attached hydrogens (tertiary/aromatic N) is 1. The topological polar surface area (TPSA) is 68.0 Å². The van der Waals surface area contributed by atoms with Crippen LogP contribution in [-0.4, -0.2) is 10.9 Å². The number of nitrogen functional groups attached to an aromatic ring is 1. The van der Waals surface area contributed by atoms with Crippen molar-refractivity contribution in [2.75, 3.05) is 11.1 Å². The summed E-state index contributed by atoms with van der Waals surface area (Å²) in [5.41, 5.74) is 3.67. The Morgan fingerprint density at radius 2 is 1.48 bits per heavy atom. The second-order valence-corrected chi connectivity index (χ2v) is 3.87. The van der Waals surface area contributed by atoms with Gasteiger partial charge in [0.05, 0.1) is 5.56 Å². The first-order chi connectivity index (χ1) is 9.82. The number of halogens is 5. The molecule has 9 heteroatoms. The lowest BCUT2D eigenvalue weighted by Crippen LogP contribution is -2.17. The average Bonchev–Trinajstić information content (AvgIpc) is 2.48. The predicted octanol–water partition coefficient (Wildman–Crippen LogP) is 2.61. The molecule has 0 unspecified atom stereocenters. The van der Waals surface area contributed by atoms with Crippen LogP contribution >= 0.6 is 0 Å². The first-order valence-corrected chi connectivity index (χ1v) is 5.37. The van der Waals surface area contributed by atoms with Gasteiger partial charge in [0.25, 0.3) is 5.91 Å². The molecule has 1 aromatic carbocycles. The van der Waals surface area contributed by atoms with E-state index in [0.717, 1.165) is 6.20 Å². The monoisotopic (exact) mass is 303 g/mol. The van der Waals surface area contributed by atoms with Crippen LogP contribution in [0.2, 0.25) is 0 Å². The van der Waals surface area contributed by atoms with Gasteiger partial charge in [-0.25, -0.2) is 26.9 Å². The minimum Gasteiger partial charge on any atom is -0.384 e.